The van der Waals surface area contributed by atoms with E-state index in [1.807, 2.05) is 0 Å². The summed E-state index contributed by atoms with van der Waals surface area (Å²) >= 11 is 0. The SMILES string of the molecule is COC(=O)C(C)C(C)(C)OC(=O)C(C)OC(C)(C)C(=O)C(C)C. The highest BCUT2D eigenvalue weighted by atomic mass is 16.6. The minimum atomic E-state index is -1.09. The van der Waals surface area contributed by atoms with Crippen LogP contribution in [-0.4, -0.2) is 42.1 Å². The van der Waals surface area contributed by atoms with Crippen LogP contribution < -0.4 is 0 Å². The number of esters is 2. The van der Waals surface area contributed by atoms with Crippen molar-refractivity contribution in [1.29, 1.82) is 0 Å². The van der Waals surface area contributed by atoms with Crippen molar-refractivity contribution < 1.29 is 28.6 Å². The van der Waals surface area contributed by atoms with Gasteiger partial charge in [-0.05, 0) is 41.5 Å². The maximum Gasteiger partial charge on any atom is 0.335 e. The standard InChI is InChI=1S/C17H30O6/c1-10(2)13(18)17(7,8)22-12(4)15(20)23-16(5,6)11(3)14(19)21-9/h10-12H,1-9H3. The molecule has 0 spiro atoms. The van der Waals surface area contributed by atoms with Crippen molar-refractivity contribution in [2.45, 2.75) is 72.7 Å². The van der Waals surface area contributed by atoms with Gasteiger partial charge in [0.05, 0.1) is 13.0 Å². The first kappa shape index (κ1) is 21.6. The molecule has 134 valence electrons. The molecule has 2 atom stereocenters. The number of Topliss-reactive ketones (excluding diaryl/α,β-unsaturated/α-hetero) is 1. The van der Waals surface area contributed by atoms with E-state index in [-0.39, 0.29) is 11.7 Å². The molecule has 0 heterocycles. The highest BCUT2D eigenvalue weighted by molar-refractivity contribution is 5.88. The molecule has 0 aromatic carbocycles. The molecule has 23 heavy (non-hydrogen) atoms. The van der Waals surface area contributed by atoms with Crippen LogP contribution in [0.5, 0.6) is 0 Å². The molecule has 0 bridgehead atoms. The molecule has 0 aromatic rings. The van der Waals surface area contributed by atoms with Gasteiger partial charge in [-0.15, -0.1) is 0 Å². The Morgan fingerprint density at radius 3 is 1.74 bits per heavy atom. The lowest BCUT2D eigenvalue weighted by molar-refractivity contribution is -0.187. The average molecular weight is 330 g/mol. The topological polar surface area (TPSA) is 78.9 Å². The molecule has 0 aromatic heterocycles. The summed E-state index contributed by atoms with van der Waals surface area (Å²) in [6, 6.07) is 0. The van der Waals surface area contributed by atoms with E-state index in [2.05, 4.69) is 4.74 Å². The van der Waals surface area contributed by atoms with E-state index in [9.17, 15) is 14.4 Å². The van der Waals surface area contributed by atoms with Gasteiger partial charge in [-0.2, -0.15) is 0 Å². The Hall–Kier alpha value is -1.43. The second-order valence-electron chi connectivity index (χ2n) is 7.06. The molecule has 0 N–H and O–H groups in total. The molecule has 0 aliphatic heterocycles. The largest absolute Gasteiger partial charge is 0.469 e. The van der Waals surface area contributed by atoms with Crippen LogP contribution in [0.2, 0.25) is 0 Å². The van der Waals surface area contributed by atoms with Crippen LogP contribution in [0, 0.1) is 11.8 Å². The van der Waals surface area contributed by atoms with E-state index in [0.717, 1.165) is 0 Å². The van der Waals surface area contributed by atoms with E-state index in [0.29, 0.717) is 0 Å². The fourth-order valence-corrected chi connectivity index (χ4v) is 2.13. The van der Waals surface area contributed by atoms with Crippen molar-refractivity contribution in [2.24, 2.45) is 11.8 Å². The predicted molar refractivity (Wildman–Crippen MR) is 85.8 cm³/mol. The maximum atomic E-state index is 12.2. The number of hydrogen-bond acceptors (Lipinski definition) is 6. The molecule has 0 amide bonds. The summed E-state index contributed by atoms with van der Waals surface area (Å²) in [7, 11) is 1.28. The predicted octanol–water partition coefficient (Wildman–Crippen LogP) is 2.53. The minimum absolute atomic E-state index is 0.0978. The van der Waals surface area contributed by atoms with Crippen LogP contribution in [-0.2, 0) is 28.6 Å². The van der Waals surface area contributed by atoms with Gasteiger partial charge < -0.3 is 14.2 Å². The molecular weight excluding hydrogens is 300 g/mol. The van der Waals surface area contributed by atoms with E-state index in [1.165, 1.54) is 14.0 Å². The summed E-state index contributed by atoms with van der Waals surface area (Å²) in [4.78, 5) is 36.0. The van der Waals surface area contributed by atoms with Gasteiger partial charge in [-0.25, -0.2) is 4.79 Å². The second kappa shape index (κ2) is 7.90. The third-order valence-corrected chi connectivity index (χ3v) is 3.88. The number of rotatable bonds is 8. The molecule has 0 fully saturated rings. The zero-order chi connectivity index (χ0) is 18.6. The molecule has 6 heteroatoms. The van der Waals surface area contributed by atoms with Crippen molar-refractivity contribution >= 4 is 17.7 Å². The summed E-state index contributed by atoms with van der Waals surface area (Å²) in [6.45, 7) is 13.2. The summed E-state index contributed by atoms with van der Waals surface area (Å²) in [5.74, 6) is -2.03. The zero-order valence-corrected chi connectivity index (χ0v) is 15.7. The highest BCUT2D eigenvalue weighted by Gasteiger charge is 2.39. The highest BCUT2D eigenvalue weighted by Crippen LogP contribution is 2.25. The zero-order valence-electron chi connectivity index (χ0n) is 15.7. The van der Waals surface area contributed by atoms with Crippen LogP contribution in [0.1, 0.15) is 55.4 Å². The van der Waals surface area contributed by atoms with Gasteiger partial charge >= 0.3 is 11.9 Å². The Kier molecular flexibility index (Phi) is 7.41. The lowest BCUT2D eigenvalue weighted by atomic mass is 9.92. The normalized spacial score (nSPS) is 15.0. The molecule has 2 unspecified atom stereocenters. The van der Waals surface area contributed by atoms with E-state index >= 15 is 0 Å². The van der Waals surface area contributed by atoms with Gasteiger partial charge in [0.25, 0.3) is 0 Å². The molecule has 0 saturated carbocycles. The Morgan fingerprint density at radius 1 is 0.870 bits per heavy atom. The van der Waals surface area contributed by atoms with Crippen LogP contribution in [0.15, 0.2) is 0 Å². The number of ether oxygens (including phenoxy) is 3. The summed E-state index contributed by atoms with van der Waals surface area (Å²) in [6.07, 6.45) is -0.933. The number of methoxy groups -OCH3 is 1. The van der Waals surface area contributed by atoms with Gasteiger partial charge in [0, 0.05) is 5.92 Å². The van der Waals surface area contributed by atoms with E-state index in [1.54, 1.807) is 48.5 Å². The molecular formula is C17H30O6. The number of carbonyl (C=O) groups excluding carboxylic acids is 3. The first-order chi connectivity index (χ1) is 10.3. The van der Waals surface area contributed by atoms with E-state index in [4.69, 9.17) is 9.47 Å². The number of carbonyl (C=O) groups is 3. The first-order valence-electron chi connectivity index (χ1n) is 7.79. The van der Waals surface area contributed by atoms with Crippen molar-refractivity contribution in [1.82, 2.24) is 0 Å². The van der Waals surface area contributed by atoms with Gasteiger partial charge in [0.1, 0.15) is 11.2 Å². The Balaban J connectivity index is 4.92. The lowest BCUT2D eigenvalue weighted by Gasteiger charge is -2.33. The summed E-state index contributed by atoms with van der Waals surface area (Å²) < 4.78 is 15.7. The Labute approximate surface area is 138 Å². The second-order valence-corrected chi connectivity index (χ2v) is 7.06. The van der Waals surface area contributed by atoms with Crippen LogP contribution in [0.4, 0.5) is 0 Å². The first-order valence-corrected chi connectivity index (χ1v) is 7.79. The third kappa shape index (κ3) is 5.94. The van der Waals surface area contributed by atoms with Crippen LogP contribution in [0.25, 0.3) is 0 Å². The van der Waals surface area contributed by atoms with E-state index < -0.39 is 35.2 Å². The van der Waals surface area contributed by atoms with Crippen LogP contribution >= 0.6 is 0 Å². The average Bonchev–Trinajstić information content (AvgIpc) is 2.43. The lowest BCUT2D eigenvalue weighted by Crippen LogP contribution is -2.46. The quantitative estimate of drug-likeness (QED) is 0.636. The fraction of sp³-hybridized carbons (Fsp3) is 0.824. The number of hydrogen-bond donors (Lipinski definition) is 0. The summed E-state index contributed by atoms with van der Waals surface area (Å²) in [5.41, 5.74) is -2.14. The fourth-order valence-electron chi connectivity index (χ4n) is 2.13. The van der Waals surface area contributed by atoms with Gasteiger partial charge in [-0.3, -0.25) is 9.59 Å². The van der Waals surface area contributed by atoms with Gasteiger partial charge in [-0.1, -0.05) is 13.8 Å². The van der Waals surface area contributed by atoms with Crippen molar-refractivity contribution in [3.8, 4) is 0 Å². The molecule has 0 aliphatic rings. The molecule has 0 radical (unpaired) electrons. The van der Waals surface area contributed by atoms with Crippen molar-refractivity contribution in [3.05, 3.63) is 0 Å². The van der Waals surface area contributed by atoms with Gasteiger partial charge in [0.15, 0.2) is 11.9 Å². The molecule has 0 saturated heterocycles. The Bertz CT molecular complexity index is 450. The third-order valence-electron chi connectivity index (χ3n) is 3.88. The van der Waals surface area contributed by atoms with Crippen molar-refractivity contribution in [2.75, 3.05) is 7.11 Å². The minimum Gasteiger partial charge on any atom is -0.469 e. The summed E-state index contributed by atoms with van der Waals surface area (Å²) in [5, 5.41) is 0. The Morgan fingerprint density at radius 2 is 1.35 bits per heavy atom. The monoisotopic (exact) mass is 330 g/mol. The molecule has 0 aliphatic carbocycles. The molecule has 0 rings (SSSR count). The van der Waals surface area contributed by atoms with Crippen LogP contribution in [0.3, 0.4) is 0 Å². The van der Waals surface area contributed by atoms with Crippen molar-refractivity contribution in [3.63, 3.8) is 0 Å². The number of ketones is 1. The van der Waals surface area contributed by atoms with Gasteiger partial charge in [0.2, 0.25) is 0 Å². The smallest absolute Gasteiger partial charge is 0.335 e. The maximum absolute atomic E-state index is 12.2. The molecule has 6 nitrogen and oxygen atoms in total.